The van der Waals surface area contributed by atoms with E-state index in [1.807, 2.05) is 0 Å². The molecular weight excluding hydrogens is 691 g/mol. The predicted octanol–water partition coefficient (Wildman–Crippen LogP) is 7.68. The first-order valence-corrected chi connectivity index (χ1v) is 14.3. The van der Waals surface area contributed by atoms with Crippen molar-refractivity contribution in [3.05, 3.63) is 0 Å². The second kappa shape index (κ2) is 13.6. The number of carbonyl (C=O) groups excluding carboxylic acids is 1. The quantitative estimate of drug-likeness (QED) is 0.105. The summed E-state index contributed by atoms with van der Waals surface area (Å²) >= 11 is 0. The lowest BCUT2D eigenvalue weighted by atomic mass is 9.91. The normalized spacial score (nSPS) is 15.2. The fourth-order valence-electron chi connectivity index (χ4n) is 2.82. The Morgan fingerprint density at radius 1 is 0.628 bits per heavy atom. The molecule has 0 rings (SSSR count). The molecule has 0 unspecified atom stereocenters. The van der Waals surface area contributed by atoms with E-state index >= 15 is 0 Å². The average molecular weight is 717 g/mol. The number of alkyl halides is 17. The highest BCUT2D eigenvalue weighted by molar-refractivity contribution is 7.98. The van der Waals surface area contributed by atoms with Gasteiger partial charge in [-0.05, 0) is 45.0 Å². The van der Waals surface area contributed by atoms with Gasteiger partial charge >= 0.3 is 47.0 Å². The monoisotopic (exact) mass is 716 g/mol. The minimum absolute atomic E-state index is 0.289. The van der Waals surface area contributed by atoms with Gasteiger partial charge in [0.05, 0.1) is 0 Å². The van der Waals surface area contributed by atoms with Crippen LogP contribution in [0.3, 0.4) is 0 Å². The lowest BCUT2D eigenvalue weighted by molar-refractivity contribution is -0.458. The predicted molar refractivity (Wildman–Crippen MR) is 117 cm³/mol. The first-order valence-electron chi connectivity index (χ1n) is 11.4. The van der Waals surface area contributed by atoms with Crippen molar-refractivity contribution in [2.45, 2.75) is 111 Å². The van der Waals surface area contributed by atoms with Gasteiger partial charge in [0, 0.05) is 6.42 Å². The number of Topliss-reactive ketones (excluding diaryl/α,β-unsaturated/α-hetero) is 1. The fourth-order valence-corrected chi connectivity index (χ4v) is 5.53. The van der Waals surface area contributed by atoms with Crippen LogP contribution in [0.4, 0.5) is 74.6 Å². The summed E-state index contributed by atoms with van der Waals surface area (Å²) in [6.07, 6.45) is -4.91. The van der Waals surface area contributed by atoms with Gasteiger partial charge < -0.3 is 4.55 Å². The third kappa shape index (κ3) is 8.13. The molecule has 0 aromatic carbocycles. The van der Waals surface area contributed by atoms with Gasteiger partial charge in [-0.1, -0.05) is 13.3 Å². The number of unbranched alkanes of at least 4 members (excludes halogenated alkanes) is 1. The molecule has 0 heterocycles. The molecule has 0 aromatic heterocycles. The maximum Gasteiger partial charge on any atom is 0.460 e. The topological polar surface area (TPSA) is 74.3 Å². The maximum absolute atomic E-state index is 13.0. The Labute approximate surface area is 236 Å². The number of hydrogen-bond acceptors (Lipinski definition) is 4. The Morgan fingerprint density at radius 3 is 1.19 bits per heavy atom. The lowest BCUT2D eigenvalue weighted by Crippen LogP contribution is -2.75. The highest BCUT2D eigenvalue weighted by Gasteiger charge is 2.95. The summed E-state index contributed by atoms with van der Waals surface area (Å²) in [7, 11) is -7.85. The molecule has 43 heavy (non-hydrogen) atoms. The zero-order valence-electron chi connectivity index (χ0n) is 22.4. The van der Waals surface area contributed by atoms with Gasteiger partial charge in [0.1, 0.15) is 10.5 Å². The molecule has 23 heteroatoms. The molecule has 0 saturated heterocycles. The molecule has 0 saturated carbocycles. The second-order valence-electron chi connectivity index (χ2n) is 9.27. The van der Waals surface area contributed by atoms with Crippen LogP contribution in [0.15, 0.2) is 0 Å². The summed E-state index contributed by atoms with van der Waals surface area (Å²) in [4.78, 5) is 11.6. The Hall–Kier alpha value is -1.26. The average Bonchev–Trinajstić information content (AvgIpc) is 2.78. The van der Waals surface area contributed by atoms with E-state index in [-0.39, 0.29) is 10.9 Å². The molecule has 0 N–H and O–H groups in total. The summed E-state index contributed by atoms with van der Waals surface area (Å²) in [5.74, 6) is -50.9. The van der Waals surface area contributed by atoms with Gasteiger partial charge in [-0.3, -0.25) is 4.79 Å². The number of carbonyl (C=O) groups is 1. The van der Waals surface area contributed by atoms with Gasteiger partial charge in [0.15, 0.2) is 21.7 Å². The van der Waals surface area contributed by atoms with Crippen molar-refractivity contribution in [2.24, 2.45) is 0 Å². The molecule has 260 valence electrons. The zero-order valence-corrected chi connectivity index (χ0v) is 24.0. The van der Waals surface area contributed by atoms with Crippen molar-refractivity contribution in [3.8, 4) is 0 Å². The van der Waals surface area contributed by atoms with Gasteiger partial charge in [-0.15, -0.1) is 0 Å². The third-order valence-corrected chi connectivity index (χ3v) is 9.32. The van der Waals surface area contributed by atoms with Crippen molar-refractivity contribution < 1.29 is 92.4 Å². The largest absolute Gasteiger partial charge is 0.743 e. The van der Waals surface area contributed by atoms with Crippen molar-refractivity contribution in [1.29, 1.82) is 0 Å². The highest BCUT2D eigenvalue weighted by Crippen LogP contribution is 2.64. The van der Waals surface area contributed by atoms with Crippen LogP contribution in [0.25, 0.3) is 0 Å². The van der Waals surface area contributed by atoms with Crippen molar-refractivity contribution in [3.63, 3.8) is 0 Å². The first-order chi connectivity index (χ1) is 18.5. The Morgan fingerprint density at radius 2 is 0.930 bits per heavy atom. The van der Waals surface area contributed by atoms with Gasteiger partial charge in [-0.2, -0.15) is 74.6 Å². The van der Waals surface area contributed by atoms with Gasteiger partial charge in [0.25, 0.3) is 0 Å². The van der Waals surface area contributed by atoms with Crippen molar-refractivity contribution in [1.82, 2.24) is 0 Å². The molecule has 0 radical (unpaired) electrons. The van der Waals surface area contributed by atoms with Gasteiger partial charge in [-0.25, -0.2) is 8.42 Å². The van der Waals surface area contributed by atoms with E-state index in [0.29, 0.717) is 16.3 Å². The van der Waals surface area contributed by atoms with Crippen LogP contribution in [-0.2, 0) is 25.8 Å². The number of ketones is 1. The zero-order chi connectivity index (χ0) is 35.6. The van der Waals surface area contributed by atoms with Crippen molar-refractivity contribution >= 4 is 26.8 Å². The number of hydrogen-bond donors (Lipinski definition) is 0. The number of halogens is 17. The minimum Gasteiger partial charge on any atom is -0.743 e. The van der Waals surface area contributed by atoms with Crippen LogP contribution in [0.2, 0.25) is 0 Å². The molecule has 0 amide bonds. The molecule has 0 spiro atoms. The van der Waals surface area contributed by atoms with Crippen LogP contribution >= 0.6 is 0 Å². The molecule has 0 aromatic rings. The van der Waals surface area contributed by atoms with Crippen LogP contribution < -0.4 is 0 Å². The van der Waals surface area contributed by atoms with E-state index in [2.05, 4.69) is 34.6 Å². The molecule has 4 nitrogen and oxygen atoms in total. The summed E-state index contributed by atoms with van der Waals surface area (Å²) in [5.41, 5.74) is 0. The summed E-state index contributed by atoms with van der Waals surface area (Å²) in [5, 5.41) is -6.65. The highest BCUT2D eigenvalue weighted by atomic mass is 32.2. The van der Waals surface area contributed by atoms with E-state index in [1.165, 1.54) is 0 Å². The molecule has 0 atom stereocenters. The molecule has 0 aliphatic rings. The fraction of sp³-hybridized carbons (Fsp3) is 0.950. The summed E-state index contributed by atoms with van der Waals surface area (Å²) < 4.78 is 244. The molecule has 0 aliphatic carbocycles. The smallest absolute Gasteiger partial charge is 0.460 e. The van der Waals surface area contributed by atoms with Crippen LogP contribution in [0, 0.1) is 0 Å². The molecule has 0 fully saturated rings. The van der Waals surface area contributed by atoms with E-state index in [1.54, 1.807) is 0 Å². The Balaban J connectivity index is 0. The van der Waals surface area contributed by atoms with Crippen molar-refractivity contribution in [2.75, 3.05) is 5.75 Å². The Kier molecular flexibility index (Phi) is 13.9. The van der Waals surface area contributed by atoms with E-state index in [4.69, 9.17) is 0 Å². The van der Waals surface area contributed by atoms with E-state index in [9.17, 15) is 92.4 Å². The summed E-state index contributed by atoms with van der Waals surface area (Å²) in [6, 6.07) is 0. The Bertz CT molecular complexity index is 1030. The lowest BCUT2D eigenvalue weighted by Gasteiger charge is -2.42. The first kappa shape index (κ1) is 43.9. The maximum atomic E-state index is 13.0. The molecule has 0 bridgehead atoms. The third-order valence-electron chi connectivity index (χ3n) is 5.36. The number of rotatable bonds is 14. The second-order valence-corrected chi connectivity index (χ2v) is 13.8. The van der Waals surface area contributed by atoms with E-state index < -0.39 is 57.1 Å². The standard InChI is InChI=1S/C12H25OS.C8HF17O3S/c1-6-7-8-12(13)9-14(10(2)3)11(4)5;9-1(10,3(13,14)5(17,18)7(21,22)23)2(11,12)4(15,16)6(19,20)8(24,25)29(26,27)28/h10-11H,6-9H2,1-5H3;(H,26,27,28)/q+1;/p-1. The SMILES string of the molecule is CCCCC(=O)C[S+](C(C)C)C(C)C.O=S(=O)([O-])C(F)(F)C(F)(F)C(F)(F)C(F)(F)C(F)(F)C(F)(F)C(F)(F)C(F)(F)F. The summed E-state index contributed by atoms with van der Waals surface area (Å²) in [6.45, 7) is 11.1. The minimum atomic E-state index is -8.92. The van der Waals surface area contributed by atoms with Crippen LogP contribution in [-0.4, -0.2) is 82.0 Å². The molecular formula is C20H25F17O4S2. The van der Waals surface area contributed by atoms with E-state index in [0.717, 1.165) is 25.0 Å². The molecule has 0 aliphatic heterocycles. The van der Waals surface area contributed by atoms with Crippen LogP contribution in [0.1, 0.15) is 53.9 Å². The van der Waals surface area contributed by atoms with Crippen LogP contribution in [0.5, 0.6) is 0 Å². The van der Waals surface area contributed by atoms with Gasteiger partial charge in [0.2, 0.25) is 0 Å².